The number of hydrogen-bond donors (Lipinski definition) is 2. The molecular formula is C17H31Cl2N5O2. The van der Waals surface area contributed by atoms with Gasteiger partial charge >= 0.3 is 0 Å². The van der Waals surface area contributed by atoms with E-state index >= 15 is 0 Å². The van der Waals surface area contributed by atoms with Gasteiger partial charge in [-0.1, -0.05) is 0 Å². The van der Waals surface area contributed by atoms with E-state index in [1.54, 1.807) is 6.20 Å². The highest BCUT2D eigenvalue weighted by atomic mass is 35.5. The summed E-state index contributed by atoms with van der Waals surface area (Å²) in [6.45, 7) is 10.0. The molecule has 7 nitrogen and oxygen atoms in total. The van der Waals surface area contributed by atoms with Gasteiger partial charge in [0.2, 0.25) is 5.91 Å². The zero-order valence-electron chi connectivity index (χ0n) is 15.6. The fourth-order valence-corrected chi connectivity index (χ4v) is 3.66. The van der Waals surface area contributed by atoms with Crippen LogP contribution in [0.4, 0.5) is 0 Å². The third-order valence-electron chi connectivity index (χ3n) is 5.35. The first-order valence-electron chi connectivity index (χ1n) is 8.87. The van der Waals surface area contributed by atoms with Gasteiger partial charge in [0, 0.05) is 37.6 Å². The van der Waals surface area contributed by atoms with E-state index in [0.29, 0.717) is 6.54 Å². The number of nitrogens with one attached hydrogen (secondary N) is 2. The molecule has 0 atom stereocenters. The van der Waals surface area contributed by atoms with Crippen LogP contribution in [-0.2, 0) is 15.1 Å². The van der Waals surface area contributed by atoms with Gasteiger partial charge in [-0.2, -0.15) is 5.10 Å². The average molecular weight is 408 g/mol. The van der Waals surface area contributed by atoms with Crippen LogP contribution >= 0.6 is 24.8 Å². The first kappa shape index (κ1) is 23.2. The summed E-state index contributed by atoms with van der Waals surface area (Å²) in [4.78, 5) is 15.5. The van der Waals surface area contributed by atoms with Crippen LogP contribution in [0.2, 0.25) is 0 Å². The quantitative estimate of drug-likeness (QED) is 0.762. The second kappa shape index (κ2) is 9.90. The normalized spacial score (nSPS) is 20.5. The Kier molecular flexibility index (Phi) is 8.82. The van der Waals surface area contributed by atoms with Crippen LogP contribution in [0.25, 0.3) is 0 Å². The monoisotopic (exact) mass is 407 g/mol. The van der Waals surface area contributed by atoms with Crippen molar-refractivity contribution in [3.05, 3.63) is 18.5 Å². The van der Waals surface area contributed by atoms with Gasteiger partial charge in [0.15, 0.2) is 0 Å². The lowest BCUT2D eigenvalue weighted by Gasteiger charge is -2.42. The summed E-state index contributed by atoms with van der Waals surface area (Å²) in [5, 5.41) is 10.9. The molecule has 3 rings (SSSR count). The molecule has 0 bridgehead atoms. The molecule has 0 spiro atoms. The van der Waals surface area contributed by atoms with E-state index in [9.17, 15) is 4.79 Å². The molecule has 1 aromatic heterocycles. The highest BCUT2D eigenvalue weighted by Gasteiger charge is 2.42. The molecule has 0 saturated carbocycles. The predicted octanol–water partition coefficient (Wildman–Crippen LogP) is 1.03. The summed E-state index contributed by atoms with van der Waals surface area (Å²) in [6.07, 6.45) is 5.17. The van der Waals surface area contributed by atoms with Gasteiger partial charge in [-0.05, 0) is 45.8 Å². The van der Waals surface area contributed by atoms with Crippen molar-refractivity contribution < 1.29 is 9.53 Å². The van der Waals surface area contributed by atoms with E-state index in [1.165, 1.54) is 0 Å². The number of carbonyl (C=O) groups excluding carboxylic acids is 1. The van der Waals surface area contributed by atoms with E-state index in [0.717, 1.165) is 52.2 Å². The topological polar surface area (TPSA) is 71.4 Å². The molecule has 150 valence electrons. The van der Waals surface area contributed by atoms with Crippen molar-refractivity contribution in [3.63, 3.8) is 0 Å². The molecule has 1 aromatic rings. The van der Waals surface area contributed by atoms with Gasteiger partial charge in [0.05, 0.1) is 13.2 Å². The molecule has 9 heteroatoms. The number of nitrogens with zero attached hydrogens (tertiary/aromatic N) is 3. The van der Waals surface area contributed by atoms with Crippen molar-refractivity contribution in [1.82, 2.24) is 25.3 Å². The maximum atomic E-state index is 13.1. The number of amides is 1. The zero-order valence-corrected chi connectivity index (χ0v) is 17.2. The first-order chi connectivity index (χ1) is 11.5. The standard InChI is InChI=1S/C17H29N5O2.2ClH/c1-16(2,21-10-12-24-13-11-21)14-19-15(23)17(4-7-18-8-5-17)22-9-3-6-20-22;;/h3,6,9,18H,4-5,7-8,10-14H2,1-2H3,(H,19,23);2*1H. The second-order valence-corrected chi connectivity index (χ2v) is 7.33. The Hall–Kier alpha value is -0.860. The summed E-state index contributed by atoms with van der Waals surface area (Å²) in [5.74, 6) is 0.0778. The average Bonchev–Trinajstić information content (AvgIpc) is 3.16. The SMILES string of the molecule is CC(C)(CNC(=O)C1(n2cccn2)CCNCC1)N1CCOCC1.Cl.Cl. The molecule has 2 aliphatic heterocycles. The van der Waals surface area contributed by atoms with Gasteiger partial charge in [0.1, 0.15) is 5.54 Å². The lowest BCUT2D eigenvalue weighted by Crippen LogP contribution is -2.59. The molecule has 2 aliphatic rings. The molecule has 2 saturated heterocycles. The van der Waals surface area contributed by atoms with Crippen LogP contribution in [-0.4, -0.2) is 72.1 Å². The minimum absolute atomic E-state index is 0. The second-order valence-electron chi connectivity index (χ2n) is 7.33. The van der Waals surface area contributed by atoms with Crippen LogP contribution in [0.15, 0.2) is 18.5 Å². The van der Waals surface area contributed by atoms with Crippen LogP contribution in [0.5, 0.6) is 0 Å². The van der Waals surface area contributed by atoms with Crippen LogP contribution < -0.4 is 10.6 Å². The Morgan fingerprint density at radius 2 is 1.92 bits per heavy atom. The molecule has 0 aliphatic carbocycles. The van der Waals surface area contributed by atoms with Gasteiger partial charge in [0.25, 0.3) is 0 Å². The first-order valence-corrected chi connectivity index (χ1v) is 8.87. The van der Waals surface area contributed by atoms with Crippen molar-refractivity contribution in [2.75, 3.05) is 45.9 Å². The Morgan fingerprint density at radius 1 is 1.27 bits per heavy atom. The van der Waals surface area contributed by atoms with Gasteiger partial charge in [-0.15, -0.1) is 24.8 Å². The number of carbonyl (C=O) groups is 1. The van der Waals surface area contributed by atoms with E-state index in [4.69, 9.17) is 4.74 Å². The molecule has 0 unspecified atom stereocenters. The third-order valence-corrected chi connectivity index (χ3v) is 5.35. The van der Waals surface area contributed by atoms with Crippen molar-refractivity contribution in [2.45, 2.75) is 37.8 Å². The van der Waals surface area contributed by atoms with Gasteiger partial charge in [-0.25, -0.2) is 0 Å². The Bertz CT molecular complexity index is 541. The largest absolute Gasteiger partial charge is 0.379 e. The van der Waals surface area contributed by atoms with Crippen molar-refractivity contribution >= 4 is 30.7 Å². The predicted molar refractivity (Wildman–Crippen MR) is 106 cm³/mol. The maximum absolute atomic E-state index is 13.1. The zero-order chi connectivity index (χ0) is 17.0. The van der Waals surface area contributed by atoms with Crippen LogP contribution in [0.3, 0.4) is 0 Å². The van der Waals surface area contributed by atoms with Crippen LogP contribution in [0, 0.1) is 0 Å². The lowest BCUT2D eigenvalue weighted by molar-refractivity contribution is -0.132. The number of piperidine rings is 1. The van der Waals surface area contributed by atoms with E-state index in [-0.39, 0.29) is 36.3 Å². The molecule has 3 heterocycles. The van der Waals surface area contributed by atoms with Crippen molar-refractivity contribution in [1.29, 1.82) is 0 Å². The van der Waals surface area contributed by atoms with Crippen molar-refractivity contribution in [3.8, 4) is 0 Å². The number of rotatable bonds is 5. The Labute approximate surface area is 168 Å². The van der Waals surface area contributed by atoms with Crippen molar-refractivity contribution in [2.24, 2.45) is 0 Å². The third kappa shape index (κ3) is 4.89. The smallest absolute Gasteiger partial charge is 0.248 e. The van der Waals surface area contributed by atoms with E-state index in [1.807, 2.05) is 16.9 Å². The summed E-state index contributed by atoms with van der Waals surface area (Å²) in [5.41, 5.74) is -0.659. The molecule has 2 fully saturated rings. The van der Waals surface area contributed by atoms with E-state index < -0.39 is 5.54 Å². The lowest BCUT2D eigenvalue weighted by atomic mass is 9.87. The number of ether oxygens (including phenoxy) is 1. The van der Waals surface area contributed by atoms with E-state index in [2.05, 4.69) is 34.5 Å². The molecule has 0 radical (unpaired) electrons. The van der Waals surface area contributed by atoms with Crippen LogP contribution in [0.1, 0.15) is 26.7 Å². The highest BCUT2D eigenvalue weighted by Crippen LogP contribution is 2.27. The summed E-state index contributed by atoms with van der Waals surface area (Å²) in [7, 11) is 0. The number of morpholine rings is 1. The maximum Gasteiger partial charge on any atom is 0.248 e. The van der Waals surface area contributed by atoms with Gasteiger partial charge in [-0.3, -0.25) is 14.4 Å². The molecule has 1 amide bonds. The summed E-state index contributed by atoms with van der Waals surface area (Å²) in [6, 6.07) is 1.88. The number of aromatic nitrogens is 2. The number of halogens is 2. The Balaban J connectivity index is 0.00000169. The fraction of sp³-hybridized carbons (Fsp3) is 0.765. The molecular weight excluding hydrogens is 377 g/mol. The molecule has 26 heavy (non-hydrogen) atoms. The minimum atomic E-state index is -0.574. The number of hydrogen-bond acceptors (Lipinski definition) is 5. The highest BCUT2D eigenvalue weighted by molar-refractivity contribution is 5.85. The Morgan fingerprint density at radius 3 is 2.50 bits per heavy atom. The molecule has 0 aromatic carbocycles. The molecule has 2 N–H and O–H groups in total. The summed E-state index contributed by atoms with van der Waals surface area (Å²) < 4.78 is 7.27. The fourth-order valence-electron chi connectivity index (χ4n) is 3.66. The summed E-state index contributed by atoms with van der Waals surface area (Å²) >= 11 is 0. The minimum Gasteiger partial charge on any atom is -0.379 e. The van der Waals surface area contributed by atoms with Gasteiger partial charge < -0.3 is 15.4 Å².